The summed E-state index contributed by atoms with van der Waals surface area (Å²) in [5.74, 6) is 0.253. The van der Waals surface area contributed by atoms with Crippen molar-refractivity contribution in [2.24, 2.45) is 0 Å². The lowest BCUT2D eigenvalue weighted by molar-refractivity contribution is 0.475. The van der Waals surface area contributed by atoms with E-state index in [1.54, 1.807) is 12.1 Å². The van der Waals surface area contributed by atoms with Gasteiger partial charge in [0.15, 0.2) is 5.11 Å². The third-order valence-electron chi connectivity index (χ3n) is 6.10. The van der Waals surface area contributed by atoms with E-state index >= 15 is 0 Å². The van der Waals surface area contributed by atoms with Gasteiger partial charge in [0.05, 0.1) is 17.8 Å². The molecule has 2 N–H and O–H groups in total. The minimum absolute atomic E-state index is 0.0781. The molecule has 0 unspecified atom stereocenters. The summed E-state index contributed by atoms with van der Waals surface area (Å²) in [5, 5.41) is 13.9. The monoisotopic (exact) mass is 518 g/mol. The molecule has 2 aromatic carbocycles. The van der Waals surface area contributed by atoms with Crippen LogP contribution in [0.4, 0.5) is 5.69 Å². The molecular formula is C26H23BrN4OS. The predicted octanol–water partition coefficient (Wildman–Crippen LogP) is 6.13. The molecule has 5 rings (SSSR count). The van der Waals surface area contributed by atoms with Crippen LogP contribution in [-0.2, 0) is 0 Å². The second-order valence-electron chi connectivity index (χ2n) is 8.15. The second-order valence-corrected chi connectivity index (χ2v) is 9.45. The fourth-order valence-corrected chi connectivity index (χ4v) is 5.25. The average molecular weight is 519 g/mol. The first-order valence-corrected chi connectivity index (χ1v) is 11.9. The molecule has 3 heterocycles. The minimum Gasteiger partial charge on any atom is -0.508 e. The Labute approximate surface area is 206 Å². The molecule has 1 aliphatic rings. The van der Waals surface area contributed by atoms with Crippen molar-refractivity contribution in [3.63, 3.8) is 0 Å². The number of anilines is 1. The molecule has 1 fully saturated rings. The maximum atomic E-state index is 9.74. The highest BCUT2D eigenvalue weighted by atomic mass is 79.9. The van der Waals surface area contributed by atoms with Crippen LogP contribution in [0.25, 0.3) is 5.69 Å². The molecule has 0 amide bonds. The van der Waals surface area contributed by atoms with Crippen molar-refractivity contribution in [2.75, 3.05) is 4.90 Å². The molecule has 33 heavy (non-hydrogen) atoms. The number of thiocarbonyl (C=S) groups is 1. The van der Waals surface area contributed by atoms with Crippen molar-refractivity contribution in [1.29, 1.82) is 0 Å². The van der Waals surface area contributed by atoms with Gasteiger partial charge in [-0.15, -0.1) is 0 Å². The summed E-state index contributed by atoms with van der Waals surface area (Å²) < 4.78 is 3.23. The Morgan fingerprint density at radius 3 is 2.33 bits per heavy atom. The Bertz CT molecular complexity index is 1300. The fraction of sp³-hybridized carbons (Fsp3) is 0.154. The number of rotatable bonds is 4. The summed E-state index contributed by atoms with van der Waals surface area (Å²) in [6.45, 7) is 4.23. The average Bonchev–Trinajstić information content (AvgIpc) is 3.31. The van der Waals surface area contributed by atoms with Crippen LogP contribution in [0.5, 0.6) is 5.75 Å². The fourth-order valence-electron chi connectivity index (χ4n) is 4.64. The zero-order valence-corrected chi connectivity index (χ0v) is 20.6. The van der Waals surface area contributed by atoms with Crippen LogP contribution in [0, 0.1) is 13.8 Å². The zero-order valence-electron chi connectivity index (χ0n) is 18.2. The van der Waals surface area contributed by atoms with Gasteiger partial charge in [-0.25, -0.2) is 0 Å². The van der Waals surface area contributed by atoms with E-state index in [1.807, 2.05) is 48.7 Å². The number of pyridine rings is 1. The molecule has 1 aliphatic heterocycles. The van der Waals surface area contributed by atoms with Crippen molar-refractivity contribution in [1.82, 2.24) is 14.9 Å². The van der Waals surface area contributed by atoms with Gasteiger partial charge in [0.25, 0.3) is 0 Å². The second kappa shape index (κ2) is 8.65. The lowest BCUT2D eigenvalue weighted by Crippen LogP contribution is -2.29. The van der Waals surface area contributed by atoms with E-state index < -0.39 is 0 Å². The van der Waals surface area contributed by atoms with Crippen LogP contribution in [-0.4, -0.2) is 19.8 Å². The number of hydrogen-bond donors (Lipinski definition) is 2. The maximum absolute atomic E-state index is 9.74. The smallest absolute Gasteiger partial charge is 0.174 e. The lowest BCUT2D eigenvalue weighted by atomic mass is 9.96. The highest BCUT2D eigenvalue weighted by Gasteiger charge is 2.42. The van der Waals surface area contributed by atoms with Crippen molar-refractivity contribution in [2.45, 2.75) is 25.9 Å². The van der Waals surface area contributed by atoms with Crippen molar-refractivity contribution in [3.8, 4) is 11.4 Å². The molecule has 0 bridgehead atoms. The molecule has 0 spiro atoms. The number of phenolic OH excluding ortho intramolecular Hbond substituents is 1. The van der Waals surface area contributed by atoms with E-state index in [1.165, 1.54) is 5.56 Å². The van der Waals surface area contributed by atoms with Crippen LogP contribution in [0.3, 0.4) is 0 Å². The number of aromatic nitrogens is 2. The molecule has 2 atom stereocenters. The normalized spacial score (nSPS) is 17.9. The number of phenols is 1. The molecule has 2 aromatic heterocycles. The molecule has 0 radical (unpaired) electrons. The molecule has 0 aliphatic carbocycles. The Hall–Kier alpha value is -3.16. The molecule has 166 valence electrons. The summed E-state index contributed by atoms with van der Waals surface area (Å²) in [6.07, 6.45) is 1.82. The standard InChI is InChI=1S/C26H23BrN4OS/c1-16-15-22(17(2)30(16)19-10-12-21(32)13-11-19)25-24(23-5-3-4-14-28-23)29-26(33)31(25)20-8-6-18(27)7-9-20/h3-15,24-25,32H,1-2H3,(H,29,33)/t24-,25+/m1/s1. The highest BCUT2D eigenvalue weighted by Crippen LogP contribution is 2.43. The summed E-state index contributed by atoms with van der Waals surface area (Å²) in [4.78, 5) is 6.83. The van der Waals surface area contributed by atoms with E-state index in [0.29, 0.717) is 5.11 Å². The van der Waals surface area contributed by atoms with E-state index in [9.17, 15) is 5.11 Å². The third kappa shape index (κ3) is 3.92. The molecule has 4 aromatic rings. The van der Waals surface area contributed by atoms with Gasteiger partial charge in [-0.2, -0.15) is 0 Å². The topological polar surface area (TPSA) is 53.3 Å². The van der Waals surface area contributed by atoms with Crippen LogP contribution < -0.4 is 10.2 Å². The first-order valence-electron chi connectivity index (χ1n) is 10.7. The van der Waals surface area contributed by atoms with Gasteiger partial charge in [-0.05, 0) is 98.4 Å². The number of aryl methyl sites for hydroxylation is 1. The number of nitrogens with one attached hydrogen (secondary N) is 1. The van der Waals surface area contributed by atoms with Gasteiger partial charge < -0.3 is 19.9 Å². The van der Waals surface area contributed by atoms with Gasteiger partial charge in [-0.1, -0.05) is 22.0 Å². The predicted molar refractivity (Wildman–Crippen MR) is 139 cm³/mol. The molecule has 0 saturated carbocycles. The first kappa shape index (κ1) is 21.7. The SMILES string of the molecule is Cc1cc([C@H]2[C@@H](c3ccccn3)NC(=S)N2c2ccc(Br)cc2)c(C)n1-c1ccc(O)cc1. The number of halogens is 1. The summed E-state index contributed by atoms with van der Waals surface area (Å²) in [6, 6.07) is 23.5. The van der Waals surface area contributed by atoms with E-state index in [-0.39, 0.29) is 17.8 Å². The van der Waals surface area contributed by atoms with Gasteiger partial charge in [0, 0.05) is 33.4 Å². The molecule has 1 saturated heterocycles. The first-order chi connectivity index (χ1) is 15.9. The summed E-state index contributed by atoms with van der Waals surface area (Å²) in [7, 11) is 0. The number of aromatic hydroxyl groups is 1. The van der Waals surface area contributed by atoms with Crippen LogP contribution in [0.1, 0.15) is 34.7 Å². The van der Waals surface area contributed by atoms with Gasteiger partial charge in [0.2, 0.25) is 0 Å². The summed E-state index contributed by atoms with van der Waals surface area (Å²) in [5.41, 5.74) is 6.38. The van der Waals surface area contributed by atoms with Crippen molar-refractivity contribution in [3.05, 3.63) is 106 Å². The molecule has 5 nitrogen and oxygen atoms in total. The minimum atomic E-state index is -0.101. The van der Waals surface area contributed by atoms with E-state index in [0.717, 1.165) is 32.9 Å². The highest BCUT2D eigenvalue weighted by molar-refractivity contribution is 9.10. The zero-order chi connectivity index (χ0) is 23.1. The quantitative estimate of drug-likeness (QED) is 0.318. The Kier molecular flexibility index (Phi) is 5.68. The lowest BCUT2D eigenvalue weighted by Gasteiger charge is -2.28. The number of benzene rings is 2. The maximum Gasteiger partial charge on any atom is 0.174 e. The molecular weight excluding hydrogens is 496 g/mol. The van der Waals surface area contributed by atoms with E-state index in [4.69, 9.17) is 12.2 Å². The summed E-state index contributed by atoms with van der Waals surface area (Å²) >= 11 is 9.38. The van der Waals surface area contributed by atoms with Gasteiger partial charge >= 0.3 is 0 Å². The van der Waals surface area contributed by atoms with Gasteiger partial charge in [0.1, 0.15) is 5.75 Å². The number of hydrogen-bond acceptors (Lipinski definition) is 3. The van der Waals surface area contributed by atoms with Crippen molar-refractivity contribution < 1.29 is 5.11 Å². The Balaban J connectivity index is 1.67. The van der Waals surface area contributed by atoms with Crippen LogP contribution in [0.2, 0.25) is 0 Å². The van der Waals surface area contributed by atoms with Crippen LogP contribution >= 0.6 is 28.1 Å². The van der Waals surface area contributed by atoms with Crippen LogP contribution in [0.15, 0.2) is 83.5 Å². The number of nitrogens with zero attached hydrogens (tertiary/aromatic N) is 3. The Morgan fingerprint density at radius 2 is 1.67 bits per heavy atom. The molecule has 7 heteroatoms. The van der Waals surface area contributed by atoms with Gasteiger partial charge in [-0.3, -0.25) is 4.98 Å². The third-order valence-corrected chi connectivity index (χ3v) is 6.94. The largest absolute Gasteiger partial charge is 0.508 e. The Morgan fingerprint density at radius 1 is 0.970 bits per heavy atom. The van der Waals surface area contributed by atoms with Crippen molar-refractivity contribution >= 4 is 38.9 Å². The van der Waals surface area contributed by atoms with E-state index in [2.05, 4.69) is 67.7 Å².